The van der Waals surface area contributed by atoms with E-state index >= 15 is 0 Å². The van der Waals surface area contributed by atoms with Crippen molar-refractivity contribution in [2.24, 2.45) is 0 Å². The zero-order chi connectivity index (χ0) is 22.0. The van der Waals surface area contributed by atoms with E-state index in [2.05, 4.69) is 4.98 Å². The monoisotopic (exact) mass is 462 g/mol. The van der Waals surface area contributed by atoms with Crippen LogP contribution in [0.2, 0.25) is 0 Å². The summed E-state index contributed by atoms with van der Waals surface area (Å²) < 4.78 is 33.6. The summed E-state index contributed by atoms with van der Waals surface area (Å²) >= 11 is 1.40. The van der Waals surface area contributed by atoms with E-state index in [0.717, 1.165) is 0 Å². The van der Waals surface area contributed by atoms with Crippen molar-refractivity contribution < 1.29 is 17.9 Å². The third-order valence-electron chi connectivity index (χ3n) is 5.31. The smallest absolute Gasteiger partial charge is 0.262 e. The Kier molecular flexibility index (Phi) is 6.08. The highest BCUT2D eigenvalue weighted by atomic mass is 32.2. The first-order valence-corrected chi connectivity index (χ1v) is 12.1. The van der Waals surface area contributed by atoms with Crippen molar-refractivity contribution in [1.82, 2.24) is 18.8 Å². The van der Waals surface area contributed by atoms with Gasteiger partial charge in [-0.3, -0.25) is 14.2 Å². The molecule has 9 nitrogen and oxygen atoms in total. The number of methoxy groups -OCH3 is 1. The highest BCUT2D eigenvalue weighted by molar-refractivity contribution is 7.89. The number of benzene rings is 1. The van der Waals surface area contributed by atoms with Gasteiger partial charge < -0.3 is 9.64 Å². The maximum atomic E-state index is 12.8. The van der Waals surface area contributed by atoms with Crippen LogP contribution in [-0.2, 0) is 21.4 Å². The molecule has 1 aliphatic heterocycles. The van der Waals surface area contributed by atoms with E-state index in [9.17, 15) is 18.0 Å². The van der Waals surface area contributed by atoms with E-state index in [-0.39, 0.29) is 42.4 Å². The molecular formula is C20H22N4O5S2. The first-order chi connectivity index (χ1) is 14.9. The Hall–Kier alpha value is -2.76. The summed E-state index contributed by atoms with van der Waals surface area (Å²) in [6.45, 7) is 1.31. The molecule has 1 aliphatic rings. The minimum atomic E-state index is -3.63. The van der Waals surface area contributed by atoms with Crippen molar-refractivity contribution in [3.63, 3.8) is 0 Å². The molecule has 3 aromatic rings. The highest BCUT2D eigenvalue weighted by Gasteiger charge is 2.30. The molecule has 0 N–H and O–H groups in total. The Morgan fingerprint density at radius 2 is 1.84 bits per heavy atom. The number of aryl methyl sites for hydroxylation is 1. The number of carbonyl (C=O) groups excluding carboxylic acids is 1. The van der Waals surface area contributed by atoms with Crippen LogP contribution in [0.3, 0.4) is 0 Å². The summed E-state index contributed by atoms with van der Waals surface area (Å²) in [5.74, 6) is 0.473. The van der Waals surface area contributed by atoms with Crippen LogP contribution in [0.25, 0.3) is 10.2 Å². The quantitative estimate of drug-likeness (QED) is 0.549. The third kappa shape index (κ3) is 4.34. The van der Waals surface area contributed by atoms with Crippen LogP contribution in [-0.4, -0.2) is 66.4 Å². The molecule has 1 saturated heterocycles. The van der Waals surface area contributed by atoms with Gasteiger partial charge in [0.2, 0.25) is 15.9 Å². The van der Waals surface area contributed by atoms with Gasteiger partial charge in [0.25, 0.3) is 5.56 Å². The zero-order valence-corrected chi connectivity index (χ0v) is 18.6. The van der Waals surface area contributed by atoms with E-state index in [1.165, 1.54) is 45.8 Å². The van der Waals surface area contributed by atoms with Crippen molar-refractivity contribution in [2.45, 2.75) is 17.9 Å². The average Bonchev–Trinajstić information content (AvgIpc) is 3.28. The third-order valence-corrected chi connectivity index (χ3v) is 8.04. The van der Waals surface area contributed by atoms with Crippen LogP contribution < -0.4 is 10.3 Å². The molecule has 0 radical (unpaired) electrons. The molecule has 0 aliphatic carbocycles. The first kappa shape index (κ1) is 21.5. The maximum Gasteiger partial charge on any atom is 0.262 e. The molecule has 1 fully saturated rings. The zero-order valence-electron chi connectivity index (χ0n) is 16.9. The number of thiophene rings is 1. The number of amides is 1. The fourth-order valence-electron chi connectivity index (χ4n) is 3.50. The van der Waals surface area contributed by atoms with E-state index in [1.54, 1.807) is 23.1 Å². The van der Waals surface area contributed by atoms with Crippen LogP contribution in [0.1, 0.15) is 6.42 Å². The second-order valence-corrected chi connectivity index (χ2v) is 9.93. The Balaban J connectivity index is 1.34. The van der Waals surface area contributed by atoms with Crippen LogP contribution in [0.15, 0.2) is 51.7 Å². The number of piperazine rings is 1. The van der Waals surface area contributed by atoms with E-state index in [0.29, 0.717) is 29.1 Å². The number of rotatable bonds is 6. The van der Waals surface area contributed by atoms with Crippen molar-refractivity contribution in [1.29, 1.82) is 0 Å². The summed E-state index contributed by atoms with van der Waals surface area (Å²) in [7, 11) is -2.10. The van der Waals surface area contributed by atoms with E-state index < -0.39 is 10.0 Å². The van der Waals surface area contributed by atoms with E-state index in [4.69, 9.17) is 4.74 Å². The highest BCUT2D eigenvalue weighted by Crippen LogP contribution is 2.21. The molecule has 1 aromatic carbocycles. The lowest BCUT2D eigenvalue weighted by atomic mass is 10.3. The minimum Gasteiger partial charge on any atom is -0.497 e. The van der Waals surface area contributed by atoms with Crippen molar-refractivity contribution in [2.75, 3.05) is 33.3 Å². The first-order valence-electron chi connectivity index (χ1n) is 9.75. The molecule has 31 heavy (non-hydrogen) atoms. The number of ether oxygens (including phenoxy) is 1. The molecule has 164 valence electrons. The average molecular weight is 463 g/mol. The standard InChI is InChI=1S/C20H22N4O5S2/c1-29-15-2-4-16(5-3-15)31(27,28)24-11-9-22(10-12-24)18(25)6-8-23-14-21-19-17(20(23)26)7-13-30-19/h2-5,7,13-14H,6,8-12H2,1H3. The SMILES string of the molecule is COc1ccc(S(=O)(=O)N2CCN(C(=O)CCn3cnc4sccc4c3=O)CC2)cc1. The Morgan fingerprint density at radius 3 is 2.52 bits per heavy atom. The fraction of sp³-hybridized carbons (Fsp3) is 0.350. The number of fused-ring (bicyclic) bond motifs is 1. The molecule has 4 rings (SSSR count). The van der Waals surface area contributed by atoms with Crippen LogP contribution >= 0.6 is 11.3 Å². The van der Waals surface area contributed by atoms with Crippen LogP contribution in [0, 0.1) is 0 Å². The van der Waals surface area contributed by atoms with E-state index in [1.807, 2.05) is 5.38 Å². The molecule has 2 aromatic heterocycles. The molecular weight excluding hydrogens is 440 g/mol. The Labute approximate surface area is 183 Å². The lowest BCUT2D eigenvalue weighted by molar-refractivity contribution is -0.132. The van der Waals surface area contributed by atoms with Crippen molar-refractivity contribution >= 4 is 37.5 Å². The molecule has 0 atom stereocenters. The van der Waals surface area contributed by atoms with Gasteiger partial charge in [-0.15, -0.1) is 11.3 Å². The topological polar surface area (TPSA) is 102 Å². The van der Waals surface area contributed by atoms with Gasteiger partial charge in [-0.05, 0) is 35.7 Å². The summed E-state index contributed by atoms with van der Waals surface area (Å²) in [6, 6.07) is 7.98. The van der Waals surface area contributed by atoms with Gasteiger partial charge in [0.15, 0.2) is 0 Å². The molecule has 0 unspecified atom stereocenters. The minimum absolute atomic E-state index is 0.112. The van der Waals surface area contributed by atoms with Gasteiger partial charge in [0, 0.05) is 39.1 Å². The second-order valence-electron chi connectivity index (χ2n) is 7.09. The maximum absolute atomic E-state index is 12.8. The summed E-state index contributed by atoms with van der Waals surface area (Å²) in [4.78, 5) is 31.8. The Morgan fingerprint density at radius 1 is 1.13 bits per heavy atom. The number of sulfonamides is 1. The molecule has 0 bridgehead atoms. The number of hydrogen-bond donors (Lipinski definition) is 0. The molecule has 3 heterocycles. The molecule has 0 spiro atoms. The number of carbonyl (C=O) groups is 1. The molecule has 1 amide bonds. The lowest BCUT2D eigenvalue weighted by Crippen LogP contribution is -2.50. The largest absolute Gasteiger partial charge is 0.497 e. The van der Waals surface area contributed by atoms with Crippen molar-refractivity contribution in [3.8, 4) is 5.75 Å². The van der Waals surface area contributed by atoms with Gasteiger partial charge in [-0.2, -0.15) is 4.31 Å². The summed E-state index contributed by atoms with van der Waals surface area (Å²) in [5.41, 5.74) is -0.158. The second kappa shape index (κ2) is 8.77. The number of aromatic nitrogens is 2. The van der Waals surface area contributed by atoms with Gasteiger partial charge >= 0.3 is 0 Å². The summed E-state index contributed by atoms with van der Waals surface area (Å²) in [5, 5.41) is 2.37. The molecule has 0 saturated carbocycles. The molecule has 11 heteroatoms. The van der Waals surface area contributed by atoms with Gasteiger partial charge in [-0.25, -0.2) is 13.4 Å². The van der Waals surface area contributed by atoms with Crippen LogP contribution in [0.4, 0.5) is 0 Å². The fourth-order valence-corrected chi connectivity index (χ4v) is 5.65. The summed E-state index contributed by atoms with van der Waals surface area (Å²) in [6.07, 6.45) is 1.62. The number of nitrogens with zero attached hydrogens (tertiary/aromatic N) is 4. The normalized spacial score (nSPS) is 15.3. The predicted molar refractivity (Wildman–Crippen MR) is 117 cm³/mol. The Bertz CT molecular complexity index is 1240. The lowest BCUT2D eigenvalue weighted by Gasteiger charge is -2.34. The van der Waals surface area contributed by atoms with Gasteiger partial charge in [0.1, 0.15) is 10.6 Å². The predicted octanol–water partition coefficient (Wildman–Crippen LogP) is 1.39. The number of hydrogen-bond acceptors (Lipinski definition) is 7. The van der Waals surface area contributed by atoms with Crippen LogP contribution in [0.5, 0.6) is 5.75 Å². The van der Waals surface area contributed by atoms with Crippen molar-refractivity contribution in [3.05, 3.63) is 52.4 Å². The van der Waals surface area contributed by atoms with Gasteiger partial charge in [-0.1, -0.05) is 0 Å². The van der Waals surface area contributed by atoms with Gasteiger partial charge in [0.05, 0.1) is 23.7 Å².